The van der Waals surface area contributed by atoms with Crippen LogP contribution in [0, 0.1) is 0 Å². The van der Waals surface area contributed by atoms with Gasteiger partial charge in [-0.05, 0) is 42.2 Å². The molecule has 2 aromatic carbocycles. The Morgan fingerprint density at radius 3 is 2.32 bits per heavy atom. The first kappa shape index (κ1) is 19.8. The molecule has 0 radical (unpaired) electrons. The molecule has 1 heterocycles. The highest BCUT2D eigenvalue weighted by Crippen LogP contribution is 2.38. The number of likely N-dealkylation sites (tertiary alicyclic amines) is 1. The van der Waals surface area contributed by atoms with Crippen molar-refractivity contribution in [2.75, 3.05) is 34.4 Å². The first-order valence-electron chi connectivity index (χ1n) is 9.48. The standard InChI is InChI=1S/C23H27NO4/c1-26-20-14-17(15-21(27-2)23(20)28-3)11-12-22(25)24-13-7-10-19(16-24)18-8-5-4-6-9-18/h4-6,8-9,11-12,14-15,19H,7,10,13,16H2,1-3H3/b12-11+. The van der Waals surface area contributed by atoms with Crippen LogP contribution in [0.25, 0.3) is 6.08 Å². The molecule has 5 nitrogen and oxygen atoms in total. The van der Waals surface area contributed by atoms with Crippen LogP contribution in [0.3, 0.4) is 0 Å². The van der Waals surface area contributed by atoms with Gasteiger partial charge in [0.15, 0.2) is 11.5 Å². The molecule has 148 valence electrons. The molecule has 0 N–H and O–H groups in total. The summed E-state index contributed by atoms with van der Waals surface area (Å²) in [6.45, 7) is 1.55. The van der Waals surface area contributed by atoms with Gasteiger partial charge in [0.1, 0.15) is 0 Å². The molecule has 5 heteroatoms. The maximum Gasteiger partial charge on any atom is 0.246 e. The van der Waals surface area contributed by atoms with E-state index in [1.54, 1.807) is 33.5 Å². The van der Waals surface area contributed by atoms with E-state index in [0.717, 1.165) is 31.5 Å². The summed E-state index contributed by atoms with van der Waals surface area (Å²) in [5, 5.41) is 0. The summed E-state index contributed by atoms with van der Waals surface area (Å²) in [5.74, 6) is 2.09. The zero-order valence-corrected chi connectivity index (χ0v) is 16.7. The average molecular weight is 381 g/mol. The zero-order chi connectivity index (χ0) is 19.9. The van der Waals surface area contributed by atoms with Crippen LogP contribution in [0.15, 0.2) is 48.5 Å². The van der Waals surface area contributed by atoms with Crippen molar-refractivity contribution in [3.63, 3.8) is 0 Å². The normalized spacial score (nSPS) is 16.8. The fraction of sp³-hybridized carbons (Fsp3) is 0.348. The van der Waals surface area contributed by atoms with Gasteiger partial charge in [0.25, 0.3) is 0 Å². The van der Waals surface area contributed by atoms with Gasteiger partial charge in [-0.15, -0.1) is 0 Å². The minimum absolute atomic E-state index is 0.0226. The van der Waals surface area contributed by atoms with Gasteiger partial charge in [-0.3, -0.25) is 4.79 Å². The Labute approximate surface area is 166 Å². The Morgan fingerprint density at radius 1 is 1.04 bits per heavy atom. The molecule has 0 aliphatic carbocycles. The van der Waals surface area contributed by atoms with Gasteiger partial charge in [-0.2, -0.15) is 0 Å². The number of piperidine rings is 1. The number of rotatable bonds is 6. The average Bonchev–Trinajstić information content (AvgIpc) is 2.77. The smallest absolute Gasteiger partial charge is 0.246 e. The summed E-state index contributed by atoms with van der Waals surface area (Å²) in [7, 11) is 4.72. The van der Waals surface area contributed by atoms with Gasteiger partial charge in [-0.25, -0.2) is 0 Å². The van der Waals surface area contributed by atoms with Crippen LogP contribution < -0.4 is 14.2 Å². The Hall–Kier alpha value is -2.95. The van der Waals surface area contributed by atoms with Gasteiger partial charge in [0, 0.05) is 25.1 Å². The molecule has 1 amide bonds. The maximum absolute atomic E-state index is 12.7. The molecule has 0 aromatic heterocycles. The van der Waals surface area contributed by atoms with Gasteiger partial charge in [0.05, 0.1) is 21.3 Å². The van der Waals surface area contributed by atoms with E-state index in [9.17, 15) is 4.79 Å². The van der Waals surface area contributed by atoms with Gasteiger partial charge in [-0.1, -0.05) is 30.3 Å². The van der Waals surface area contributed by atoms with Gasteiger partial charge >= 0.3 is 0 Å². The van der Waals surface area contributed by atoms with E-state index in [2.05, 4.69) is 24.3 Å². The summed E-state index contributed by atoms with van der Waals surface area (Å²) in [6, 6.07) is 14.1. The molecular weight excluding hydrogens is 354 g/mol. The number of hydrogen-bond acceptors (Lipinski definition) is 4. The molecule has 28 heavy (non-hydrogen) atoms. The van der Waals surface area contributed by atoms with Crippen molar-refractivity contribution in [1.29, 1.82) is 0 Å². The predicted molar refractivity (Wildman–Crippen MR) is 110 cm³/mol. The maximum atomic E-state index is 12.7. The van der Waals surface area contributed by atoms with Crippen molar-refractivity contribution in [2.24, 2.45) is 0 Å². The second-order valence-corrected chi connectivity index (χ2v) is 6.83. The number of benzene rings is 2. The van der Waals surface area contributed by atoms with Crippen LogP contribution in [-0.4, -0.2) is 45.2 Å². The Morgan fingerprint density at radius 2 is 1.71 bits per heavy atom. The summed E-state index contributed by atoms with van der Waals surface area (Å²) < 4.78 is 16.1. The molecule has 1 atom stereocenters. The van der Waals surface area contributed by atoms with E-state index in [4.69, 9.17) is 14.2 Å². The lowest BCUT2D eigenvalue weighted by atomic mass is 9.90. The van der Waals surface area contributed by atoms with E-state index >= 15 is 0 Å². The topological polar surface area (TPSA) is 48.0 Å². The molecule has 1 saturated heterocycles. The van der Waals surface area contributed by atoms with Crippen molar-refractivity contribution >= 4 is 12.0 Å². The molecule has 0 bridgehead atoms. The second-order valence-electron chi connectivity index (χ2n) is 6.83. The molecule has 1 aliphatic rings. The van der Waals surface area contributed by atoms with E-state index in [-0.39, 0.29) is 5.91 Å². The minimum Gasteiger partial charge on any atom is -0.493 e. The number of ether oxygens (including phenoxy) is 3. The second kappa shape index (κ2) is 9.31. The van der Waals surface area contributed by atoms with E-state index in [1.807, 2.05) is 23.1 Å². The summed E-state index contributed by atoms with van der Waals surface area (Å²) >= 11 is 0. The Balaban J connectivity index is 1.72. The van der Waals surface area contributed by atoms with Gasteiger partial charge in [0.2, 0.25) is 11.7 Å². The SMILES string of the molecule is COc1cc(/C=C/C(=O)N2CCCC(c3ccccc3)C2)cc(OC)c1OC. The number of carbonyl (C=O) groups is 1. The molecule has 1 unspecified atom stereocenters. The van der Waals surface area contributed by atoms with Crippen LogP contribution in [0.4, 0.5) is 0 Å². The zero-order valence-electron chi connectivity index (χ0n) is 16.7. The van der Waals surface area contributed by atoms with Crippen molar-refractivity contribution in [3.8, 4) is 17.2 Å². The lowest BCUT2D eigenvalue weighted by molar-refractivity contribution is -0.127. The number of hydrogen-bond donors (Lipinski definition) is 0. The fourth-order valence-corrected chi connectivity index (χ4v) is 3.65. The van der Waals surface area contributed by atoms with Crippen LogP contribution in [0.1, 0.15) is 29.9 Å². The monoisotopic (exact) mass is 381 g/mol. The van der Waals surface area contributed by atoms with Crippen molar-refractivity contribution in [3.05, 3.63) is 59.7 Å². The Kier molecular flexibility index (Phi) is 6.58. The molecule has 0 saturated carbocycles. The number of nitrogens with zero attached hydrogens (tertiary/aromatic N) is 1. The van der Waals surface area contributed by atoms with Crippen molar-refractivity contribution in [2.45, 2.75) is 18.8 Å². The third kappa shape index (κ3) is 4.47. The molecule has 1 fully saturated rings. The number of carbonyl (C=O) groups excluding carboxylic acids is 1. The van der Waals surface area contributed by atoms with Crippen LogP contribution in [0.5, 0.6) is 17.2 Å². The minimum atomic E-state index is 0.0226. The molecule has 2 aromatic rings. The molecule has 0 spiro atoms. The third-order valence-electron chi connectivity index (χ3n) is 5.11. The van der Waals surface area contributed by atoms with E-state index in [1.165, 1.54) is 5.56 Å². The van der Waals surface area contributed by atoms with Gasteiger partial charge < -0.3 is 19.1 Å². The third-order valence-corrected chi connectivity index (χ3v) is 5.11. The first-order chi connectivity index (χ1) is 13.7. The van der Waals surface area contributed by atoms with Crippen molar-refractivity contribution < 1.29 is 19.0 Å². The van der Waals surface area contributed by atoms with E-state index < -0.39 is 0 Å². The van der Waals surface area contributed by atoms with Crippen LogP contribution >= 0.6 is 0 Å². The summed E-state index contributed by atoms with van der Waals surface area (Å²) in [6.07, 6.45) is 5.54. The molecule has 3 rings (SSSR count). The number of amides is 1. The highest BCUT2D eigenvalue weighted by Gasteiger charge is 2.23. The van der Waals surface area contributed by atoms with E-state index in [0.29, 0.717) is 23.2 Å². The quantitative estimate of drug-likeness (QED) is 0.706. The van der Waals surface area contributed by atoms with Crippen molar-refractivity contribution in [1.82, 2.24) is 4.90 Å². The predicted octanol–water partition coefficient (Wildman–Crippen LogP) is 4.13. The summed E-state index contributed by atoms with van der Waals surface area (Å²) in [4.78, 5) is 14.7. The lowest BCUT2D eigenvalue weighted by Gasteiger charge is -2.32. The molecular formula is C23H27NO4. The van der Waals surface area contributed by atoms with Crippen LogP contribution in [-0.2, 0) is 4.79 Å². The van der Waals surface area contributed by atoms with Crippen LogP contribution in [0.2, 0.25) is 0 Å². The number of methoxy groups -OCH3 is 3. The fourth-order valence-electron chi connectivity index (χ4n) is 3.65. The first-order valence-corrected chi connectivity index (χ1v) is 9.48. The molecule has 1 aliphatic heterocycles. The Bertz CT molecular complexity index is 807. The highest BCUT2D eigenvalue weighted by molar-refractivity contribution is 5.92. The largest absolute Gasteiger partial charge is 0.493 e. The lowest BCUT2D eigenvalue weighted by Crippen LogP contribution is -2.38. The summed E-state index contributed by atoms with van der Waals surface area (Å²) in [5.41, 5.74) is 2.12. The highest BCUT2D eigenvalue weighted by atomic mass is 16.5.